The number of piperazine rings is 1. The highest BCUT2D eigenvalue weighted by Crippen LogP contribution is 2.45. The summed E-state index contributed by atoms with van der Waals surface area (Å²) in [5.74, 6) is -1.40. The van der Waals surface area contributed by atoms with Crippen LogP contribution >= 0.6 is 12.6 Å². The number of hydrogen-bond donors (Lipinski definition) is 5. The standard InChI is InChI=1S/C19H24F2N4O2.C7H9NS/c1-19(2-3-19)12-27-17(16(11-22)25-6-4-23-5-7-25)18(26)24-15-9-13(20)8-14(21)10-15;8-7-3-1-6(5-9)2-4-7/h8-11,22-23H,2-7,12H2,1H3,(H,24,26);1-4,9H,5,8H2/b17-16-,22-11?;. The quantitative estimate of drug-likeness (QED) is 0.119. The van der Waals surface area contributed by atoms with E-state index < -0.39 is 17.5 Å². The average molecular weight is 518 g/mol. The molecule has 1 aliphatic carbocycles. The predicted octanol–water partition coefficient (Wildman–Crippen LogP) is 4.18. The fourth-order valence-corrected chi connectivity index (χ4v) is 3.71. The summed E-state index contributed by atoms with van der Waals surface area (Å²) in [6.45, 7) is 5.17. The third-order valence-electron chi connectivity index (χ3n) is 5.98. The van der Waals surface area contributed by atoms with Crippen molar-refractivity contribution in [1.82, 2.24) is 10.2 Å². The van der Waals surface area contributed by atoms with Crippen molar-refractivity contribution in [1.29, 1.82) is 5.41 Å². The Hall–Kier alpha value is -3.11. The van der Waals surface area contributed by atoms with Crippen LogP contribution in [0.4, 0.5) is 20.2 Å². The summed E-state index contributed by atoms with van der Waals surface area (Å²) in [5, 5.41) is 13.5. The number of hydrogen-bond acceptors (Lipinski definition) is 7. The van der Waals surface area contributed by atoms with Crippen LogP contribution in [0.3, 0.4) is 0 Å². The smallest absolute Gasteiger partial charge is 0.293 e. The molecular formula is C26H33F2N5O2S. The molecule has 7 nitrogen and oxygen atoms in total. The van der Waals surface area contributed by atoms with Gasteiger partial charge in [0.1, 0.15) is 17.3 Å². The fourth-order valence-electron chi connectivity index (χ4n) is 3.50. The normalized spacial score (nSPS) is 16.7. The fraction of sp³-hybridized carbons (Fsp3) is 0.385. The molecule has 0 radical (unpaired) electrons. The molecule has 36 heavy (non-hydrogen) atoms. The number of benzene rings is 2. The van der Waals surface area contributed by atoms with E-state index in [0.29, 0.717) is 25.4 Å². The van der Waals surface area contributed by atoms with Gasteiger partial charge in [-0.3, -0.25) is 4.79 Å². The van der Waals surface area contributed by atoms with Gasteiger partial charge in [0.15, 0.2) is 0 Å². The maximum absolute atomic E-state index is 13.4. The number of nitrogen functional groups attached to an aromatic ring is 1. The first-order valence-corrected chi connectivity index (χ1v) is 12.4. The van der Waals surface area contributed by atoms with Gasteiger partial charge in [-0.05, 0) is 42.7 Å². The van der Waals surface area contributed by atoms with Crippen LogP contribution in [0.5, 0.6) is 0 Å². The van der Waals surface area contributed by atoms with Gasteiger partial charge in [0.2, 0.25) is 5.76 Å². The topological polar surface area (TPSA) is 103 Å². The van der Waals surface area contributed by atoms with Gasteiger partial charge in [-0.2, -0.15) is 12.6 Å². The van der Waals surface area contributed by atoms with Crippen molar-refractivity contribution in [3.05, 3.63) is 71.1 Å². The number of anilines is 2. The molecule has 2 aliphatic rings. The molecule has 10 heteroatoms. The number of nitrogens with two attached hydrogens (primary N) is 1. The van der Waals surface area contributed by atoms with Crippen molar-refractivity contribution in [2.45, 2.75) is 25.5 Å². The van der Waals surface area contributed by atoms with Crippen LogP contribution in [-0.2, 0) is 15.3 Å². The van der Waals surface area contributed by atoms with E-state index in [2.05, 4.69) is 30.2 Å². The Morgan fingerprint density at radius 3 is 2.33 bits per heavy atom. The molecule has 1 saturated carbocycles. The van der Waals surface area contributed by atoms with Crippen molar-refractivity contribution >= 4 is 36.1 Å². The van der Waals surface area contributed by atoms with Crippen molar-refractivity contribution in [2.24, 2.45) is 5.41 Å². The lowest BCUT2D eigenvalue weighted by Crippen LogP contribution is -2.44. The number of rotatable bonds is 8. The molecule has 2 fully saturated rings. The number of carbonyl (C=O) groups excluding carboxylic acids is 1. The van der Waals surface area contributed by atoms with E-state index in [9.17, 15) is 13.6 Å². The molecule has 0 atom stereocenters. The Labute approximate surface area is 216 Å². The maximum Gasteiger partial charge on any atom is 0.293 e. The van der Waals surface area contributed by atoms with E-state index in [1.165, 1.54) is 5.56 Å². The van der Waals surface area contributed by atoms with Gasteiger partial charge in [-0.25, -0.2) is 8.78 Å². The molecule has 1 amide bonds. The number of amides is 1. The first-order valence-electron chi connectivity index (χ1n) is 11.8. The van der Waals surface area contributed by atoms with E-state index in [-0.39, 0.29) is 16.9 Å². The van der Waals surface area contributed by atoms with Crippen molar-refractivity contribution in [3.8, 4) is 0 Å². The van der Waals surface area contributed by atoms with Gasteiger partial charge in [0, 0.05) is 61.0 Å². The lowest BCUT2D eigenvalue weighted by molar-refractivity contribution is -0.116. The van der Waals surface area contributed by atoms with Gasteiger partial charge in [-0.1, -0.05) is 19.1 Å². The van der Waals surface area contributed by atoms with Crippen LogP contribution < -0.4 is 16.4 Å². The minimum absolute atomic E-state index is 0.000810. The summed E-state index contributed by atoms with van der Waals surface area (Å²) in [6, 6.07) is 10.5. The third-order valence-corrected chi connectivity index (χ3v) is 6.35. The van der Waals surface area contributed by atoms with E-state index in [4.69, 9.17) is 15.9 Å². The van der Waals surface area contributed by atoms with Gasteiger partial charge >= 0.3 is 0 Å². The highest BCUT2D eigenvalue weighted by atomic mass is 32.1. The van der Waals surface area contributed by atoms with Crippen molar-refractivity contribution < 1.29 is 18.3 Å². The second kappa shape index (κ2) is 12.7. The van der Waals surface area contributed by atoms with Crippen LogP contribution in [0.15, 0.2) is 53.9 Å². The minimum atomic E-state index is -0.781. The number of carbonyl (C=O) groups is 1. The zero-order chi connectivity index (χ0) is 26.1. The molecule has 4 rings (SSSR count). The van der Waals surface area contributed by atoms with E-state index in [1.807, 2.05) is 29.2 Å². The highest BCUT2D eigenvalue weighted by molar-refractivity contribution is 7.79. The second-order valence-corrected chi connectivity index (χ2v) is 9.52. The number of halogens is 2. The molecule has 5 N–H and O–H groups in total. The minimum Gasteiger partial charge on any atom is -0.486 e. The molecule has 0 spiro atoms. The summed E-state index contributed by atoms with van der Waals surface area (Å²) < 4.78 is 32.7. The number of nitrogens with zero attached hydrogens (tertiary/aromatic N) is 1. The van der Waals surface area contributed by atoms with E-state index in [1.54, 1.807) is 0 Å². The number of ether oxygens (including phenoxy) is 1. The Morgan fingerprint density at radius 2 is 1.81 bits per heavy atom. The molecule has 194 valence electrons. The third kappa shape index (κ3) is 8.23. The lowest BCUT2D eigenvalue weighted by Gasteiger charge is -2.31. The average Bonchev–Trinajstić information content (AvgIpc) is 3.59. The van der Waals surface area contributed by atoms with Crippen molar-refractivity contribution in [2.75, 3.05) is 43.8 Å². The van der Waals surface area contributed by atoms with Gasteiger partial charge < -0.3 is 31.4 Å². The second-order valence-electron chi connectivity index (χ2n) is 9.21. The Kier molecular flexibility index (Phi) is 9.72. The van der Waals surface area contributed by atoms with Crippen LogP contribution in [0.25, 0.3) is 0 Å². The van der Waals surface area contributed by atoms with Crippen LogP contribution in [-0.4, -0.2) is 49.8 Å². The maximum atomic E-state index is 13.4. The highest BCUT2D eigenvalue weighted by Gasteiger charge is 2.39. The molecule has 2 aromatic rings. The Bertz CT molecular complexity index is 1060. The zero-order valence-corrected chi connectivity index (χ0v) is 21.2. The van der Waals surface area contributed by atoms with E-state index in [0.717, 1.165) is 61.8 Å². The summed E-state index contributed by atoms with van der Waals surface area (Å²) in [6.07, 6.45) is 3.14. The SMILES string of the molecule is CC1(CO/C(C(=O)Nc2cc(F)cc(F)c2)=C(/C=N)N2CCNCC2)CC1.Nc1ccc(CS)cc1. The molecule has 1 aliphatic heterocycles. The summed E-state index contributed by atoms with van der Waals surface area (Å²) in [7, 11) is 0. The molecule has 1 saturated heterocycles. The molecule has 0 bridgehead atoms. The molecule has 0 aromatic heterocycles. The largest absolute Gasteiger partial charge is 0.486 e. The molecule has 2 aromatic carbocycles. The van der Waals surface area contributed by atoms with Gasteiger partial charge in [0.05, 0.1) is 6.61 Å². The molecular weight excluding hydrogens is 484 g/mol. The van der Waals surface area contributed by atoms with Crippen LogP contribution in [0.2, 0.25) is 0 Å². The van der Waals surface area contributed by atoms with Crippen LogP contribution in [0, 0.1) is 22.5 Å². The number of thiol groups is 1. The first kappa shape index (κ1) is 27.5. The van der Waals surface area contributed by atoms with Crippen molar-refractivity contribution in [3.63, 3.8) is 0 Å². The molecule has 1 heterocycles. The van der Waals surface area contributed by atoms with Gasteiger partial charge in [-0.15, -0.1) is 0 Å². The Balaban J connectivity index is 0.000000338. The monoisotopic (exact) mass is 517 g/mol. The Morgan fingerprint density at radius 1 is 1.19 bits per heavy atom. The number of nitrogens with one attached hydrogen (secondary N) is 3. The van der Waals surface area contributed by atoms with E-state index >= 15 is 0 Å². The van der Waals surface area contributed by atoms with Crippen LogP contribution in [0.1, 0.15) is 25.3 Å². The predicted molar refractivity (Wildman–Crippen MR) is 142 cm³/mol. The summed E-state index contributed by atoms with van der Waals surface area (Å²) in [4.78, 5) is 14.7. The van der Waals surface area contributed by atoms with Gasteiger partial charge in [0.25, 0.3) is 5.91 Å². The number of allylic oxidation sites excluding steroid dienone is 1. The molecule has 0 unspecified atom stereocenters. The zero-order valence-electron chi connectivity index (χ0n) is 20.3. The summed E-state index contributed by atoms with van der Waals surface area (Å²) in [5.41, 5.74) is 7.87. The summed E-state index contributed by atoms with van der Waals surface area (Å²) >= 11 is 4.10. The lowest BCUT2D eigenvalue weighted by atomic mass is 10.2. The first-order chi connectivity index (χ1) is 17.2.